The predicted octanol–water partition coefficient (Wildman–Crippen LogP) is 5.37. The summed E-state index contributed by atoms with van der Waals surface area (Å²) >= 11 is 6.07. The molecule has 0 aliphatic rings. The van der Waals surface area contributed by atoms with Gasteiger partial charge in [0, 0.05) is 42.3 Å². The van der Waals surface area contributed by atoms with Crippen LogP contribution in [0, 0.1) is 6.92 Å². The molecule has 5 nitrogen and oxygen atoms in total. The second-order valence-corrected chi connectivity index (χ2v) is 7.72. The van der Waals surface area contributed by atoms with Crippen LogP contribution in [0.3, 0.4) is 0 Å². The first-order valence-electron chi connectivity index (χ1n) is 9.95. The van der Waals surface area contributed by atoms with Gasteiger partial charge in [0.25, 0.3) is 0 Å². The number of pyridine rings is 2. The van der Waals surface area contributed by atoms with Gasteiger partial charge in [-0.25, -0.2) is 4.98 Å². The highest BCUT2D eigenvalue weighted by atomic mass is 35.5. The molecule has 4 aromatic rings. The van der Waals surface area contributed by atoms with Gasteiger partial charge in [0.05, 0.1) is 17.8 Å². The number of hydrogen-bond acceptors (Lipinski definition) is 3. The van der Waals surface area contributed by atoms with E-state index in [1.165, 1.54) is 0 Å². The summed E-state index contributed by atoms with van der Waals surface area (Å²) in [5.74, 6) is 0.0619. The topological polar surface area (TPSA) is 50.5 Å². The van der Waals surface area contributed by atoms with Crippen molar-refractivity contribution in [1.82, 2.24) is 19.3 Å². The summed E-state index contributed by atoms with van der Waals surface area (Å²) in [6.07, 6.45) is 5.75. The van der Waals surface area contributed by atoms with E-state index in [0.717, 1.165) is 33.7 Å². The Morgan fingerprint density at radius 3 is 2.48 bits per heavy atom. The molecule has 0 unspecified atom stereocenters. The Morgan fingerprint density at radius 2 is 1.81 bits per heavy atom. The van der Waals surface area contributed by atoms with E-state index in [9.17, 15) is 4.79 Å². The monoisotopic (exact) mass is 454 g/mol. The van der Waals surface area contributed by atoms with Crippen LogP contribution in [0.15, 0.2) is 67.1 Å². The van der Waals surface area contributed by atoms with Crippen molar-refractivity contribution in [3.05, 3.63) is 89.0 Å². The minimum Gasteiger partial charge on any atom is -0.338 e. The van der Waals surface area contributed by atoms with E-state index >= 15 is 0 Å². The lowest BCUT2D eigenvalue weighted by Crippen LogP contribution is -2.32. The molecular weight excluding hydrogens is 431 g/mol. The molecule has 1 aromatic carbocycles. The Hall–Kier alpha value is -2.89. The zero-order valence-corrected chi connectivity index (χ0v) is 19.0. The van der Waals surface area contributed by atoms with Crippen molar-refractivity contribution in [3.63, 3.8) is 0 Å². The van der Waals surface area contributed by atoms with Gasteiger partial charge in [0.2, 0.25) is 5.91 Å². The van der Waals surface area contributed by atoms with Crippen LogP contribution in [0.2, 0.25) is 5.02 Å². The van der Waals surface area contributed by atoms with Crippen molar-refractivity contribution < 1.29 is 4.79 Å². The zero-order chi connectivity index (χ0) is 21.1. The number of hydrogen-bond donors (Lipinski definition) is 0. The number of fused-ring (bicyclic) bond motifs is 1. The van der Waals surface area contributed by atoms with E-state index in [2.05, 4.69) is 4.98 Å². The van der Waals surface area contributed by atoms with Crippen molar-refractivity contribution >= 4 is 35.6 Å². The lowest BCUT2D eigenvalue weighted by molar-refractivity contribution is -0.130. The van der Waals surface area contributed by atoms with Crippen molar-refractivity contribution in [2.24, 2.45) is 0 Å². The molecule has 0 aliphatic heterocycles. The molecule has 0 atom stereocenters. The Labute approximate surface area is 193 Å². The smallest absolute Gasteiger partial charge is 0.228 e. The number of rotatable bonds is 6. The normalized spacial score (nSPS) is 10.7. The summed E-state index contributed by atoms with van der Waals surface area (Å²) in [5.41, 5.74) is 5.66. The van der Waals surface area contributed by atoms with Gasteiger partial charge in [-0.3, -0.25) is 9.78 Å². The zero-order valence-electron chi connectivity index (χ0n) is 17.5. The number of amides is 1. The molecule has 1 amide bonds. The Kier molecular flexibility index (Phi) is 7.31. The third-order valence-electron chi connectivity index (χ3n) is 5.17. The Morgan fingerprint density at radius 1 is 1.10 bits per heavy atom. The van der Waals surface area contributed by atoms with Crippen LogP contribution in [-0.2, 0) is 17.8 Å². The molecule has 0 fully saturated rings. The molecule has 0 aliphatic carbocycles. The molecule has 4 rings (SSSR count). The standard InChI is InChI=1S/C24H23ClN4O.ClH/c1-3-28(16-18-8-11-26-12-9-18)23(30)15-21-24(19-4-6-20(25)7-5-19)27-22-14-17(2)10-13-29(21)22;/h4-14H,3,15-16H2,1-2H3;1H. The van der Waals surface area contributed by atoms with Crippen LogP contribution in [0.1, 0.15) is 23.7 Å². The van der Waals surface area contributed by atoms with Crippen molar-refractivity contribution in [2.45, 2.75) is 26.8 Å². The van der Waals surface area contributed by atoms with Gasteiger partial charge in [-0.1, -0.05) is 23.7 Å². The van der Waals surface area contributed by atoms with Gasteiger partial charge >= 0.3 is 0 Å². The maximum absolute atomic E-state index is 13.2. The molecule has 0 spiro atoms. The summed E-state index contributed by atoms with van der Waals surface area (Å²) in [7, 11) is 0. The number of nitrogens with zero attached hydrogens (tertiary/aromatic N) is 4. The van der Waals surface area contributed by atoms with Gasteiger partial charge in [-0.05, 0) is 61.4 Å². The third-order valence-corrected chi connectivity index (χ3v) is 5.43. The van der Waals surface area contributed by atoms with E-state index in [4.69, 9.17) is 16.6 Å². The Balaban J connectivity index is 0.00000272. The highest BCUT2D eigenvalue weighted by molar-refractivity contribution is 6.30. The maximum atomic E-state index is 13.2. The van der Waals surface area contributed by atoms with Gasteiger partial charge in [0.1, 0.15) is 5.65 Å². The average molecular weight is 455 g/mol. The third kappa shape index (κ3) is 5.06. The quantitative estimate of drug-likeness (QED) is 0.393. The minimum absolute atomic E-state index is 0. The van der Waals surface area contributed by atoms with Crippen LogP contribution in [0.5, 0.6) is 0 Å². The number of aromatic nitrogens is 3. The van der Waals surface area contributed by atoms with E-state index in [1.54, 1.807) is 12.4 Å². The summed E-state index contributed by atoms with van der Waals surface area (Å²) in [6, 6.07) is 15.5. The second-order valence-electron chi connectivity index (χ2n) is 7.29. The number of likely N-dealkylation sites (N-methyl/N-ethyl adjacent to an activating group) is 1. The molecule has 7 heteroatoms. The van der Waals surface area contributed by atoms with Gasteiger partial charge in [-0.2, -0.15) is 0 Å². The summed E-state index contributed by atoms with van der Waals surface area (Å²) in [4.78, 5) is 24.0. The Bertz CT molecular complexity index is 1170. The number of benzene rings is 1. The highest BCUT2D eigenvalue weighted by Crippen LogP contribution is 2.27. The van der Waals surface area contributed by atoms with Crippen LogP contribution >= 0.6 is 24.0 Å². The number of imidazole rings is 1. The van der Waals surface area contributed by atoms with E-state index in [-0.39, 0.29) is 24.7 Å². The lowest BCUT2D eigenvalue weighted by atomic mass is 10.1. The van der Waals surface area contributed by atoms with Crippen LogP contribution < -0.4 is 0 Å². The van der Waals surface area contributed by atoms with Gasteiger partial charge < -0.3 is 9.30 Å². The summed E-state index contributed by atoms with van der Waals surface area (Å²) in [5, 5.41) is 0.672. The fraction of sp³-hybridized carbons (Fsp3) is 0.208. The summed E-state index contributed by atoms with van der Waals surface area (Å²) < 4.78 is 2.01. The molecule has 0 bridgehead atoms. The van der Waals surface area contributed by atoms with Gasteiger partial charge in [0.15, 0.2) is 0 Å². The first-order valence-corrected chi connectivity index (χ1v) is 10.3. The highest BCUT2D eigenvalue weighted by Gasteiger charge is 2.20. The molecule has 3 aromatic heterocycles. The van der Waals surface area contributed by atoms with Crippen molar-refractivity contribution in [2.75, 3.05) is 6.54 Å². The summed E-state index contributed by atoms with van der Waals surface area (Å²) in [6.45, 7) is 5.23. The number of halogens is 2. The van der Waals surface area contributed by atoms with Crippen LogP contribution in [0.4, 0.5) is 0 Å². The molecule has 0 saturated heterocycles. The van der Waals surface area contributed by atoms with Crippen LogP contribution in [-0.4, -0.2) is 31.7 Å². The molecule has 160 valence electrons. The van der Waals surface area contributed by atoms with E-state index < -0.39 is 0 Å². The largest absolute Gasteiger partial charge is 0.338 e. The number of aryl methyl sites for hydroxylation is 1. The lowest BCUT2D eigenvalue weighted by Gasteiger charge is -2.21. The molecule has 0 saturated carbocycles. The van der Waals surface area contributed by atoms with E-state index in [1.807, 2.05) is 77.9 Å². The SMILES string of the molecule is CCN(Cc1ccncc1)C(=O)Cc1c(-c2ccc(Cl)cc2)nc2cc(C)ccn12.Cl. The number of carbonyl (C=O) groups excluding carboxylic acids is 1. The van der Waals surface area contributed by atoms with Crippen molar-refractivity contribution in [3.8, 4) is 11.3 Å². The second kappa shape index (κ2) is 9.94. The molecule has 31 heavy (non-hydrogen) atoms. The number of carbonyl (C=O) groups is 1. The van der Waals surface area contributed by atoms with Crippen molar-refractivity contribution in [1.29, 1.82) is 0 Å². The predicted molar refractivity (Wildman–Crippen MR) is 127 cm³/mol. The molecule has 3 heterocycles. The molecule has 0 radical (unpaired) electrons. The first-order chi connectivity index (χ1) is 14.5. The fourth-order valence-electron chi connectivity index (χ4n) is 3.55. The maximum Gasteiger partial charge on any atom is 0.228 e. The van der Waals surface area contributed by atoms with Crippen LogP contribution in [0.25, 0.3) is 16.9 Å². The van der Waals surface area contributed by atoms with Gasteiger partial charge in [-0.15, -0.1) is 12.4 Å². The average Bonchev–Trinajstić information content (AvgIpc) is 3.10. The first kappa shape index (κ1) is 22.8. The van der Waals surface area contributed by atoms with E-state index in [0.29, 0.717) is 18.1 Å². The fourth-order valence-corrected chi connectivity index (χ4v) is 3.67. The molecule has 0 N–H and O–H groups in total. The molecular formula is C24H24Cl2N4O. The minimum atomic E-state index is 0.